The van der Waals surface area contributed by atoms with E-state index in [9.17, 15) is 23.9 Å². The lowest BCUT2D eigenvalue weighted by atomic mass is 9.89. The van der Waals surface area contributed by atoms with Crippen molar-refractivity contribution in [3.05, 3.63) is 71.2 Å². The van der Waals surface area contributed by atoms with Gasteiger partial charge in [0.2, 0.25) is 11.8 Å². The number of hydrogen-bond acceptors (Lipinski definition) is 3. The molecule has 1 aliphatic carbocycles. The predicted octanol–water partition coefficient (Wildman–Crippen LogP) is 4.56. The summed E-state index contributed by atoms with van der Waals surface area (Å²) in [6.45, 7) is 4.38. The third kappa shape index (κ3) is 6.06. The van der Waals surface area contributed by atoms with Crippen molar-refractivity contribution in [1.29, 1.82) is 0 Å². The van der Waals surface area contributed by atoms with Crippen LogP contribution in [0.5, 0.6) is 0 Å². The number of carboxylic acids is 1. The number of carboxylic acid groups (broad SMARTS) is 1. The third-order valence-electron chi connectivity index (χ3n) is 7.39. The normalized spacial score (nSPS) is 16.4. The third-order valence-corrected chi connectivity index (χ3v) is 7.39. The van der Waals surface area contributed by atoms with Crippen LogP contribution in [0.1, 0.15) is 62.4 Å². The summed E-state index contributed by atoms with van der Waals surface area (Å²) in [6.07, 6.45) is 3.45. The Morgan fingerprint density at radius 3 is 2.58 bits per heavy atom. The molecule has 2 aromatic carbocycles. The van der Waals surface area contributed by atoms with Gasteiger partial charge in [-0.15, -0.1) is 0 Å². The van der Waals surface area contributed by atoms with Gasteiger partial charge in [0, 0.05) is 35.6 Å². The molecule has 1 heterocycles. The number of aliphatic carboxylic acids is 1. The van der Waals surface area contributed by atoms with Crippen LogP contribution in [0.4, 0.5) is 4.39 Å². The van der Waals surface area contributed by atoms with Gasteiger partial charge in [-0.25, -0.2) is 9.18 Å². The zero-order valence-electron chi connectivity index (χ0n) is 22.0. The van der Waals surface area contributed by atoms with Crippen molar-refractivity contribution in [2.45, 2.75) is 70.9 Å². The summed E-state index contributed by atoms with van der Waals surface area (Å²) in [5.41, 5.74) is 3.47. The van der Waals surface area contributed by atoms with Crippen molar-refractivity contribution in [2.75, 3.05) is 6.54 Å². The van der Waals surface area contributed by atoms with E-state index in [1.54, 1.807) is 6.07 Å². The molecule has 0 bridgehead atoms. The molecule has 202 valence electrons. The summed E-state index contributed by atoms with van der Waals surface area (Å²) in [5.74, 6) is -2.15. The Kier molecular flexibility index (Phi) is 8.81. The van der Waals surface area contributed by atoms with Crippen molar-refractivity contribution >= 4 is 28.7 Å². The van der Waals surface area contributed by atoms with Crippen LogP contribution in [0.25, 0.3) is 10.9 Å². The summed E-state index contributed by atoms with van der Waals surface area (Å²) < 4.78 is 16.1. The molecule has 3 aromatic rings. The number of nitrogens with zero attached hydrogens (tertiary/aromatic N) is 1. The highest BCUT2D eigenvalue weighted by Crippen LogP contribution is 2.36. The zero-order chi connectivity index (χ0) is 27.2. The first-order chi connectivity index (χ1) is 18.3. The van der Waals surface area contributed by atoms with Crippen LogP contribution in [0, 0.1) is 11.7 Å². The monoisotopic (exact) mass is 521 g/mol. The van der Waals surface area contributed by atoms with Gasteiger partial charge in [0.25, 0.3) is 0 Å². The summed E-state index contributed by atoms with van der Waals surface area (Å²) in [6, 6.07) is 13.2. The quantitative estimate of drug-likeness (QED) is 0.344. The minimum Gasteiger partial charge on any atom is -0.480 e. The van der Waals surface area contributed by atoms with Crippen LogP contribution in [0.3, 0.4) is 0 Å². The molecule has 0 spiro atoms. The molecule has 3 N–H and O–H groups in total. The molecule has 0 fully saturated rings. The second-order valence-electron chi connectivity index (χ2n) is 10.1. The average Bonchev–Trinajstić information content (AvgIpc) is 3.20. The van der Waals surface area contributed by atoms with Gasteiger partial charge in [-0.2, -0.15) is 0 Å². The maximum Gasteiger partial charge on any atom is 0.326 e. The second kappa shape index (κ2) is 12.2. The Labute approximate surface area is 222 Å². The fraction of sp³-hybridized carbons (Fsp3) is 0.433. The van der Waals surface area contributed by atoms with Crippen LogP contribution in [-0.4, -0.2) is 40.0 Å². The highest BCUT2D eigenvalue weighted by Gasteiger charge is 2.32. The summed E-state index contributed by atoms with van der Waals surface area (Å²) in [5, 5.41) is 16.6. The number of amides is 2. The lowest BCUT2D eigenvalue weighted by molar-refractivity contribution is -0.141. The molecule has 1 aromatic heterocycles. The molecule has 3 atom stereocenters. The van der Waals surface area contributed by atoms with E-state index >= 15 is 0 Å². The number of nitrogens with one attached hydrogen (secondary N) is 2. The zero-order valence-corrected chi connectivity index (χ0v) is 22.0. The van der Waals surface area contributed by atoms with Crippen molar-refractivity contribution in [1.82, 2.24) is 15.2 Å². The molecule has 1 aliphatic rings. The van der Waals surface area contributed by atoms with Gasteiger partial charge in [-0.05, 0) is 67.9 Å². The van der Waals surface area contributed by atoms with Crippen LogP contribution >= 0.6 is 0 Å². The minimum atomic E-state index is -0.919. The Morgan fingerprint density at radius 1 is 1.13 bits per heavy atom. The Morgan fingerprint density at radius 2 is 1.89 bits per heavy atom. The molecule has 38 heavy (non-hydrogen) atoms. The van der Waals surface area contributed by atoms with Crippen LogP contribution in [0.15, 0.2) is 48.5 Å². The number of aromatic nitrogens is 1. The van der Waals surface area contributed by atoms with Gasteiger partial charge in [0.05, 0.1) is 5.92 Å². The average molecular weight is 522 g/mol. The van der Waals surface area contributed by atoms with E-state index in [0.29, 0.717) is 49.6 Å². The molecule has 4 rings (SSSR count). The molecule has 7 nitrogen and oxygen atoms in total. The predicted molar refractivity (Wildman–Crippen MR) is 144 cm³/mol. The molecular weight excluding hydrogens is 485 g/mol. The van der Waals surface area contributed by atoms with E-state index in [0.717, 1.165) is 23.2 Å². The molecule has 8 heteroatoms. The summed E-state index contributed by atoms with van der Waals surface area (Å²) >= 11 is 0. The highest BCUT2D eigenvalue weighted by atomic mass is 19.1. The van der Waals surface area contributed by atoms with Crippen LogP contribution < -0.4 is 10.6 Å². The standard InChI is InChI=1S/C30H36FN3O4/c1-3-14-32-28(35)16-20(15-19-8-6-5-7-9-19)29(36)33-22-11-13-27-24(18-22)23-17-21(31)10-12-26(23)34(27)25(4-2)30(37)38/h5-10,12,17,20,22,25H,3-4,11,13-16,18H2,1-2H3,(H,32,35)(H,33,36)(H,37,38)/t20?,22-,25?/m0/s1. The second-order valence-corrected chi connectivity index (χ2v) is 10.1. The van der Waals surface area contributed by atoms with E-state index in [2.05, 4.69) is 10.6 Å². The van der Waals surface area contributed by atoms with Gasteiger partial charge in [-0.3, -0.25) is 9.59 Å². The van der Waals surface area contributed by atoms with Gasteiger partial charge >= 0.3 is 5.97 Å². The van der Waals surface area contributed by atoms with Crippen molar-refractivity contribution in [3.63, 3.8) is 0 Å². The molecular formula is C30H36FN3O4. The van der Waals surface area contributed by atoms with Gasteiger partial charge in [-0.1, -0.05) is 44.2 Å². The van der Waals surface area contributed by atoms with Gasteiger partial charge < -0.3 is 20.3 Å². The number of carbonyl (C=O) groups excluding carboxylic acids is 2. The minimum absolute atomic E-state index is 0.0972. The number of hydrogen-bond donors (Lipinski definition) is 3. The maximum absolute atomic E-state index is 14.3. The lowest BCUT2D eigenvalue weighted by Gasteiger charge is -2.28. The molecule has 2 unspecified atom stereocenters. The van der Waals surface area contributed by atoms with E-state index in [1.807, 2.05) is 48.7 Å². The first-order valence-corrected chi connectivity index (χ1v) is 13.5. The van der Waals surface area contributed by atoms with E-state index in [-0.39, 0.29) is 30.1 Å². The fourth-order valence-electron chi connectivity index (χ4n) is 5.55. The number of benzene rings is 2. The molecule has 0 saturated heterocycles. The Balaban J connectivity index is 1.57. The molecule has 0 aliphatic heterocycles. The fourth-order valence-corrected chi connectivity index (χ4v) is 5.55. The molecule has 0 radical (unpaired) electrons. The lowest BCUT2D eigenvalue weighted by Crippen LogP contribution is -2.44. The van der Waals surface area contributed by atoms with E-state index in [4.69, 9.17) is 0 Å². The number of carbonyl (C=O) groups is 3. The number of halogens is 1. The molecule has 0 saturated carbocycles. The molecule has 2 amide bonds. The van der Waals surface area contributed by atoms with Gasteiger partial charge in [0.1, 0.15) is 11.9 Å². The van der Waals surface area contributed by atoms with Gasteiger partial charge in [0.15, 0.2) is 0 Å². The summed E-state index contributed by atoms with van der Waals surface area (Å²) in [7, 11) is 0. The van der Waals surface area contributed by atoms with Crippen molar-refractivity contribution < 1.29 is 23.9 Å². The van der Waals surface area contributed by atoms with Crippen LogP contribution in [-0.2, 0) is 33.6 Å². The Bertz CT molecular complexity index is 1300. The first-order valence-electron chi connectivity index (χ1n) is 13.5. The van der Waals surface area contributed by atoms with Crippen molar-refractivity contribution in [3.8, 4) is 0 Å². The number of fused-ring (bicyclic) bond motifs is 3. The maximum atomic E-state index is 14.3. The smallest absolute Gasteiger partial charge is 0.326 e. The SMILES string of the molecule is CCCNC(=O)CC(Cc1ccccc1)C(=O)N[C@H]1CCc2c(c3cc(F)ccc3n2C(CC)C(=O)O)C1. The van der Waals surface area contributed by atoms with Crippen LogP contribution in [0.2, 0.25) is 0 Å². The van der Waals surface area contributed by atoms with E-state index in [1.165, 1.54) is 12.1 Å². The number of rotatable bonds is 11. The largest absolute Gasteiger partial charge is 0.480 e. The van der Waals surface area contributed by atoms with E-state index < -0.39 is 17.9 Å². The Hall–Kier alpha value is -3.68. The topological polar surface area (TPSA) is 100 Å². The highest BCUT2D eigenvalue weighted by molar-refractivity contribution is 5.89. The first kappa shape index (κ1) is 27.4. The summed E-state index contributed by atoms with van der Waals surface area (Å²) in [4.78, 5) is 38.0. The van der Waals surface area contributed by atoms with Crippen molar-refractivity contribution in [2.24, 2.45) is 5.92 Å².